The van der Waals surface area contributed by atoms with Crippen molar-refractivity contribution in [1.29, 1.82) is 0 Å². The van der Waals surface area contributed by atoms with E-state index in [1.807, 2.05) is 24.3 Å². The van der Waals surface area contributed by atoms with E-state index in [1.165, 1.54) is 27.6 Å². The number of hydrogen-bond acceptors (Lipinski definition) is 6. The number of aliphatic hydroxyl groups excluding tert-OH is 1. The van der Waals surface area contributed by atoms with E-state index in [9.17, 15) is 14.7 Å². The van der Waals surface area contributed by atoms with Gasteiger partial charge in [0.25, 0.3) is 5.91 Å². The fourth-order valence-electron chi connectivity index (χ4n) is 2.87. The molecule has 3 heterocycles. The number of amides is 1. The highest BCUT2D eigenvalue weighted by molar-refractivity contribution is 9.10. The number of thiophene rings is 1. The Morgan fingerprint density at radius 2 is 1.92 bits per heavy atom. The molecule has 0 aliphatic carbocycles. The van der Waals surface area contributed by atoms with Crippen molar-refractivity contribution < 1.29 is 14.7 Å². The molecule has 0 fully saturated rings. The van der Waals surface area contributed by atoms with E-state index in [2.05, 4.69) is 20.9 Å². The summed E-state index contributed by atoms with van der Waals surface area (Å²) in [5.41, 5.74) is 0.802. The maximum atomic E-state index is 13.0. The molecule has 1 N–H and O–H groups in total. The minimum Gasteiger partial charge on any atom is -0.503 e. The summed E-state index contributed by atoms with van der Waals surface area (Å²) in [6, 6.07) is 10.0. The van der Waals surface area contributed by atoms with Crippen molar-refractivity contribution in [3.8, 4) is 0 Å². The molecular formula is C18H11BrN2O3S2. The van der Waals surface area contributed by atoms with Gasteiger partial charge in [-0.1, -0.05) is 34.1 Å². The van der Waals surface area contributed by atoms with Gasteiger partial charge < -0.3 is 5.11 Å². The molecule has 3 aromatic rings. The number of carbonyl (C=O) groups is 2. The maximum absolute atomic E-state index is 13.0. The summed E-state index contributed by atoms with van der Waals surface area (Å²) in [5, 5.41) is 14.5. The average molecular weight is 447 g/mol. The number of rotatable bonds is 4. The van der Waals surface area contributed by atoms with Gasteiger partial charge in [-0.15, -0.1) is 22.7 Å². The van der Waals surface area contributed by atoms with Gasteiger partial charge >= 0.3 is 0 Å². The van der Waals surface area contributed by atoms with Crippen molar-refractivity contribution in [2.75, 3.05) is 4.90 Å². The second-order valence-corrected chi connectivity index (χ2v) is 8.25. The molecule has 130 valence electrons. The Kier molecular flexibility index (Phi) is 4.47. The van der Waals surface area contributed by atoms with Crippen LogP contribution in [0, 0.1) is 0 Å². The van der Waals surface area contributed by atoms with Crippen LogP contribution in [0.25, 0.3) is 0 Å². The molecule has 4 rings (SSSR count). The zero-order valence-corrected chi connectivity index (χ0v) is 16.3. The van der Waals surface area contributed by atoms with E-state index >= 15 is 0 Å². The first-order valence-corrected chi connectivity index (χ1v) is 10.1. The quantitative estimate of drug-likeness (QED) is 0.586. The van der Waals surface area contributed by atoms with Crippen molar-refractivity contribution >= 4 is 55.4 Å². The topological polar surface area (TPSA) is 70.5 Å². The Hall–Kier alpha value is -2.29. The summed E-state index contributed by atoms with van der Waals surface area (Å²) in [7, 11) is 0. The van der Waals surface area contributed by atoms with E-state index < -0.39 is 17.7 Å². The normalized spacial score (nSPS) is 17.2. The van der Waals surface area contributed by atoms with Crippen LogP contribution in [0.4, 0.5) is 5.13 Å². The second kappa shape index (κ2) is 6.79. The lowest BCUT2D eigenvalue weighted by atomic mass is 9.96. The van der Waals surface area contributed by atoms with Crippen LogP contribution in [0.5, 0.6) is 0 Å². The fraction of sp³-hybridized carbons (Fsp3) is 0.0556. The van der Waals surface area contributed by atoms with Crippen LogP contribution < -0.4 is 4.90 Å². The number of carbonyl (C=O) groups excluding carboxylic acids is 2. The van der Waals surface area contributed by atoms with Gasteiger partial charge in [-0.25, -0.2) is 4.98 Å². The first-order chi connectivity index (χ1) is 12.6. The Labute approximate surface area is 165 Å². The third-order valence-electron chi connectivity index (χ3n) is 4.01. The van der Waals surface area contributed by atoms with Crippen molar-refractivity contribution in [3.63, 3.8) is 0 Å². The summed E-state index contributed by atoms with van der Waals surface area (Å²) in [6.45, 7) is 0. The molecule has 1 aromatic carbocycles. The highest BCUT2D eigenvalue weighted by Gasteiger charge is 2.45. The Bertz CT molecular complexity index is 996. The number of Topliss-reactive ketones (excluding diaryl/α,β-unsaturated/α-hetero) is 1. The van der Waals surface area contributed by atoms with Crippen LogP contribution in [0.15, 0.2) is 69.2 Å². The zero-order valence-electron chi connectivity index (χ0n) is 13.1. The molecule has 0 radical (unpaired) electrons. The van der Waals surface area contributed by atoms with Crippen LogP contribution in [0.2, 0.25) is 0 Å². The first-order valence-electron chi connectivity index (χ1n) is 7.58. The number of hydrogen-bond donors (Lipinski definition) is 1. The molecule has 0 spiro atoms. The number of benzene rings is 1. The van der Waals surface area contributed by atoms with Gasteiger partial charge in [-0.2, -0.15) is 0 Å². The van der Waals surface area contributed by atoms with Crippen molar-refractivity contribution in [3.05, 3.63) is 79.6 Å². The van der Waals surface area contributed by atoms with Crippen LogP contribution in [-0.2, 0) is 4.79 Å². The summed E-state index contributed by atoms with van der Waals surface area (Å²) in [5.74, 6) is -1.49. The smallest absolute Gasteiger partial charge is 0.296 e. The third kappa shape index (κ3) is 2.80. The molecule has 26 heavy (non-hydrogen) atoms. The van der Waals surface area contributed by atoms with Gasteiger partial charge in [0, 0.05) is 16.0 Å². The van der Waals surface area contributed by atoms with E-state index in [1.54, 1.807) is 29.1 Å². The van der Waals surface area contributed by atoms with Gasteiger partial charge in [-0.3, -0.25) is 14.5 Å². The van der Waals surface area contributed by atoms with E-state index in [0.29, 0.717) is 10.0 Å². The number of thiazole rings is 1. The minimum absolute atomic E-state index is 0.0787. The predicted octanol–water partition coefficient (Wildman–Crippen LogP) is 4.75. The van der Waals surface area contributed by atoms with Crippen molar-refractivity contribution in [1.82, 2.24) is 4.98 Å². The monoisotopic (exact) mass is 446 g/mol. The third-order valence-corrected chi connectivity index (χ3v) is 6.18. The number of halogens is 1. The summed E-state index contributed by atoms with van der Waals surface area (Å²) in [6.07, 6.45) is 1.59. The SMILES string of the molecule is O=C(C1=C(O)C(=O)N(c2nccs2)[C@@H]1c1ccc(Br)cc1)c1cccs1. The Morgan fingerprint density at radius 3 is 2.54 bits per heavy atom. The number of anilines is 1. The molecule has 8 heteroatoms. The van der Waals surface area contributed by atoms with Gasteiger partial charge in [-0.05, 0) is 29.1 Å². The highest BCUT2D eigenvalue weighted by atomic mass is 79.9. The van der Waals surface area contributed by atoms with E-state index in [4.69, 9.17) is 0 Å². The molecule has 0 bridgehead atoms. The molecule has 0 saturated heterocycles. The number of ketones is 1. The average Bonchev–Trinajstić information content (AvgIpc) is 3.38. The Balaban J connectivity index is 1.88. The molecule has 0 unspecified atom stereocenters. The van der Waals surface area contributed by atoms with E-state index in [-0.39, 0.29) is 11.4 Å². The predicted molar refractivity (Wildman–Crippen MR) is 105 cm³/mol. The summed E-state index contributed by atoms with van der Waals surface area (Å²) in [4.78, 5) is 31.8. The lowest BCUT2D eigenvalue weighted by Gasteiger charge is -2.24. The van der Waals surface area contributed by atoms with Crippen LogP contribution in [-0.4, -0.2) is 21.8 Å². The minimum atomic E-state index is -0.726. The molecule has 0 saturated carbocycles. The second-order valence-electron chi connectivity index (χ2n) is 5.51. The standard InChI is InChI=1S/C18H11BrN2O3S2/c19-11-5-3-10(4-6-11)14-13(15(22)12-2-1-8-25-12)16(23)17(24)21(14)18-20-7-9-26-18/h1-9,14,23H/t14-/m1/s1. The van der Waals surface area contributed by atoms with Crippen molar-refractivity contribution in [2.45, 2.75) is 6.04 Å². The zero-order chi connectivity index (χ0) is 18.3. The molecule has 1 amide bonds. The van der Waals surface area contributed by atoms with Crippen molar-refractivity contribution in [2.24, 2.45) is 0 Å². The van der Waals surface area contributed by atoms with Crippen LogP contribution in [0.3, 0.4) is 0 Å². The summed E-state index contributed by atoms with van der Waals surface area (Å²) >= 11 is 5.94. The first kappa shape index (κ1) is 17.1. The largest absolute Gasteiger partial charge is 0.503 e. The molecule has 1 aliphatic rings. The lowest BCUT2D eigenvalue weighted by Crippen LogP contribution is -2.30. The number of aromatic nitrogens is 1. The maximum Gasteiger partial charge on any atom is 0.296 e. The molecule has 1 aliphatic heterocycles. The molecule has 5 nitrogen and oxygen atoms in total. The van der Waals surface area contributed by atoms with Gasteiger partial charge in [0.1, 0.15) is 0 Å². The molecule has 2 aromatic heterocycles. The van der Waals surface area contributed by atoms with Gasteiger partial charge in [0.2, 0.25) is 5.78 Å². The highest BCUT2D eigenvalue weighted by Crippen LogP contribution is 2.42. The van der Waals surface area contributed by atoms with Crippen LogP contribution >= 0.6 is 38.6 Å². The van der Waals surface area contributed by atoms with Gasteiger partial charge in [0.05, 0.1) is 16.5 Å². The lowest BCUT2D eigenvalue weighted by molar-refractivity contribution is -0.117. The molecular weight excluding hydrogens is 436 g/mol. The van der Waals surface area contributed by atoms with Crippen LogP contribution in [0.1, 0.15) is 21.3 Å². The van der Waals surface area contributed by atoms with E-state index in [0.717, 1.165) is 10.0 Å². The Morgan fingerprint density at radius 1 is 1.15 bits per heavy atom. The number of aliphatic hydroxyl groups is 1. The summed E-state index contributed by atoms with van der Waals surface area (Å²) < 4.78 is 0.880. The fourth-order valence-corrected chi connectivity index (χ4v) is 4.48. The van der Waals surface area contributed by atoms with Gasteiger partial charge in [0.15, 0.2) is 10.9 Å². The molecule has 1 atom stereocenters. The number of nitrogens with zero attached hydrogens (tertiary/aromatic N) is 2.